The molecule has 0 aliphatic carbocycles. The largest absolute Gasteiger partial charge is 0.359 e. The number of carbonyl (C=O) groups excluding carboxylic acids is 1. The highest BCUT2D eigenvalue weighted by Crippen LogP contribution is 1.89. The van der Waals surface area contributed by atoms with Gasteiger partial charge in [-0.05, 0) is 20.3 Å². The molecule has 3 heteroatoms. The fourth-order valence-electron chi connectivity index (χ4n) is 0.818. The van der Waals surface area contributed by atoms with Crippen molar-refractivity contribution in [2.45, 2.75) is 39.8 Å². The predicted molar refractivity (Wildman–Crippen MR) is 44.1 cm³/mol. The molecule has 0 saturated heterocycles. The predicted octanol–water partition coefficient (Wildman–Crippen LogP) is 1.29. The number of nitrogens with one attached hydrogen (secondary N) is 1. The van der Waals surface area contributed by atoms with Crippen LogP contribution in [0.2, 0.25) is 0 Å². The summed E-state index contributed by atoms with van der Waals surface area (Å²) < 4.78 is 5.13. The van der Waals surface area contributed by atoms with E-state index in [2.05, 4.69) is 5.32 Å². The van der Waals surface area contributed by atoms with Crippen LogP contribution in [0.1, 0.15) is 33.6 Å². The van der Waals surface area contributed by atoms with Gasteiger partial charge in [-0.3, -0.25) is 4.79 Å². The molecule has 0 rings (SSSR count). The molecule has 1 atom stereocenters. The zero-order chi connectivity index (χ0) is 8.69. The molecular weight excluding hydrogens is 142 g/mol. The van der Waals surface area contributed by atoms with Crippen LogP contribution >= 0.6 is 0 Å². The molecule has 0 spiro atoms. The van der Waals surface area contributed by atoms with Crippen LogP contribution in [0.4, 0.5) is 0 Å². The molecule has 1 unspecified atom stereocenters. The Morgan fingerprint density at radius 3 is 2.64 bits per heavy atom. The smallest absolute Gasteiger partial charge is 0.221 e. The van der Waals surface area contributed by atoms with Crippen LogP contribution in [0.25, 0.3) is 0 Å². The minimum Gasteiger partial charge on any atom is -0.359 e. The monoisotopic (exact) mass is 159 g/mol. The average molecular weight is 159 g/mol. The van der Waals surface area contributed by atoms with E-state index in [-0.39, 0.29) is 12.1 Å². The third-order valence-corrected chi connectivity index (χ3v) is 1.26. The van der Waals surface area contributed by atoms with E-state index < -0.39 is 0 Å². The molecule has 0 fully saturated rings. The molecule has 0 aromatic carbocycles. The first-order valence-electron chi connectivity index (χ1n) is 4.11. The van der Waals surface area contributed by atoms with Crippen molar-refractivity contribution in [1.82, 2.24) is 5.32 Å². The zero-order valence-corrected chi connectivity index (χ0v) is 7.52. The summed E-state index contributed by atoms with van der Waals surface area (Å²) in [5.74, 6) is 0.0634. The fraction of sp³-hybridized carbons (Fsp3) is 0.875. The highest BCUT2D eigenvalue weighted by molar-refractivity contribution is 5.75. The summed E-state index contributed by atoms with van der Waals surface area (Å²) in [4.78, 5) is 10.9. The summed E-state index contributed by atoms with van der Waals surface area (Å²) in [6.45, 7) is 6.35. The molecule has 1 amide bonds. The van der Waals surface area contributed by atoms with E-state index in [0.29, 0.717) is 13.0 Å². The number of hydrogen-bond donors (Lipinski definition) is 1. The third-order valence-electron chi connectivity index (χ3n) is 1.26. The fourth-order valence-corrected chi connectivity index (χ4v) is 0.818. The number of carbonyl (C=O) groups is 1. The van der Waals surface area contributed by atoms with Crippen molar-refractivity contribution in [3.8, 4) is 0 Å². The molecule has 66 valence electrons. The van der Waals surface area contributed by atoms with E-state index in [9.17, 15) is 4.79 Å². The van der Waals surface area contributed by atoms with Gasteiger partial charge in [0.1, 0.15) is 6.23 Å². The van der Waals surface area contributed by atoms with Gasteiger partial charge in [-0.1, -0.05) is 6.92 Å². The summed E-state index contributed by atoms with van der Waals surface area (Å²) in [5.41, 5.74) is 0. The van der Waals surface area contributed by atoms with Crippen molar-refractivity contribution in [3.05, 3.63) is 0 Å². The maximum Gasteiger partial charge on any atom is 0.221 e. The molecule has 0 bridgehead atoms. The lowest BCUT2D eigenvalue weighted by molar-refractivity contribution is -0.124. The first-order valence-corrected chi connectivity index (χ1v) is 4.11. The van der Waals surface area contributed by atoms with E-state index in [0.717, 1.165) is 6.42 Å². The number of hydrogen-bond acceptors (Lipinski definition) is 2. The first kappa shape index (κ1) is 10.4. The minimum absolute atomic E-state index is 0.0634. The lowest BCUT2D eigenvalue weighted by Gasteiger charge is -2.12. The maximum atomic E-state index is 10.9. The molecule has 0 heterocycles. The first-order chi connectivity index (χ1) is 5.20. The number of rotatable bonds is 5. The summed E-state index contributed by atoms with van der Waals surface area (Å²) in [5, 5.41) is 2.72. The summed E-state index contributed by atoms with van der Waals surface area (Å²) in [6, 6.07) is 0. The molecule has 11 heavy (non-hydrogen) atoms. The highest BCUT2D eigenvalue weighted by Gasteiger charge is 2.03. The molecule has 0 aromatic heterocycles. The third kappa shape index (κ3) is 5.85. The Morgan fingerprint density at radius 2 is 2.18 bits per heavy atom. The quantitative estimate of drug-likeness (QED) is 0.614. The van der Waals surface area contributed by atoms with E-state index in [1.807, 2.05) is 20.8 Å². The van der Waals surface area contributed by atoms with Crippen LogP contribution < -0.4 is 5.32 Å². The standard InChI is InChI=1S/C8H17NO2/c1-4-6-8(10)9-7(3)11-5-2/h7H,4-6H2,1-3H3,(H,9,10). The number of amides is 1. The molecule has 0 radical (unpaired) electrons. The van der Waals surface area contributed by atoms with E-state index in [1.165, 1.54) is 0 Å². The van der Waals surface area contributed by atoms with Crippen LogP contribution in [0.5, 0.6) is 0 Å². The van der Waals surface area contributed by atoms with Crippen molar-refractivity contribution in [2.24, 2.45) is 0 Å². The molecule has 3 nitrogen and oxygen atoms in total. The van der Waals surface area contributed by atoms with Gasteiger partial charge in [0.25, 0.3) is 0 Å². The van der Waals surface area contributed by atoms with Crippen molar-refractivity contribution in [3.63, 3.8) is 0 Å². The van der Waals surface area contributed by atoms with Crippen LogP contribution in [0, 0.1) is 0 Å². The van der Waals surface area contributed by atoms with E-state index >= 15 is 0 Å². The highest BCUT2D eigenvalue weighted by atomic mass is 16.5. The van der Waals surface area contributed by atoms with Crippen molar-refractivity contribution in [1.29, 1.82) is 0 Å². The van der Waals surface area contributed by atoms with Gasteiger partial charge >= 0.3 is 0 Å². The van der Waals surface area contributed by atoms with E-state index in [4.69, 9.17) is 4.74 Å². The van der Waals surface area contributed by atoms with Crippen LogP contribution in [-0.4, -0.2) is 18.7 Å². The van der Waals surface area contributed by atoms with Crippen molar-refractivity contribution >= 4 is 5.91 Å². The van der Waals surface area contributed by atoms with Gasteiger partial charge < -0.3 is 10.1 Å². The van der Waals surface area contributed by atoms with Crippen molar-refractivity contribution < 1.29 is 9.53 Å². The second kappa shape index (κ2) is 6.16. The van der Waals surface area contributed by atoms with Gasteiger partial charge in [-0.25, -0.2) is 0 Å². The Labute approximate surface area is 68.1 Å². The SMILES string of the molecule is CCCC(=O)NC(C)OCC. The molecular formula is C8H17NO2. The van der Waals surface area contributed by atoms with Gasteiger partial charge in [0.05, 0.1) is 0 Å². The topological polar surface area (TPSA) is 38.3 Å². The molecule has 0 aromatic rings. The summed E-state index contributed by atoms with van der Waals surface area (Å²) in [7, 11) is 0. The summed E-state index contributed by atoms with van der Waals surface area (Å²) in [6.07, 6.45) is 1.31. The van der Waals surface area contributed by atoms with Crippen molar-refractivity contribution in [2.75, 3.05) is 6.61 Å². The molecule has 0 saturated carbocycles. The van der Waals surface area contributed by atoms with Gasteiger partial charge in [-0.15, -0.1) is 0 Å². The van der Waals surface area contributed by atoms with Crippen LogP contribution in [0.3, 0.4) is 0 Å². The Hall–Kier alpha value is -0.570. The zero-order valence-electron chi connectivity index (χ0n) is 7.52. The lowest BCUT2D eigenvalue weighted by atomic mass is 10.3. The maximum absolute atomic E-state index is 10.9. The Bertz CT molecular complexity index is 115. The van der Waals surface area contributed by atoms with E-state index in [1.54, 1.807) is 0 Å². The van der Waals surface area contributed by atoms with Gasteiger partial charge in [-0.2, -0.15) is 0 Å². The van der Waals surface area contributed by atoms with Crippen LogP contribution in [0.15, 0.2) is 0 Å². The van der Waals surface area contributed by atoms with Crippen LogP contribution in [-0.2, 0) is 9.53 Å². The van der Waals surface area contributed by atoms with Gasteiger partial charge in [0.2, 0.25) is 5.91 Å². The second-order valence-corrected chi connectivity index (χ2v) is 2.42. The molecule has 1 N–H and O–H groups in total. The van der Waals surface area contributed by atoms with Gasteiger partial charge in [0.15, 0.2) is 0 Å². The number of ether oxygens (including phenoxy) is 1. The lowest BCUT2D eigenvalue weighted by Crippen LogP contribution is -2.34. The minimum atomic E-state index is -0.154. The average Bonchev–Trinajstić information content (AvgIpc) is 1.87. The van der Waals surface area contributed by atoms with Gasteiger partial charge in [0, 0.05) is 13.0 Å². The second-order valence-electron chi connectivity index (χ2n) is 2.42. The molecule has 0 aliphatic heterocycles. The normalized spacial score (nSPS) is 12.6. The Morgan fingerprint density at radius 1 is 1.55 bits per heavy atom. The summed E-state index contributed by atoms with van der Waals surface area (Å²) >= 11 is 0. The Balaban J connectivity index is 3.40. The molecule has 0 aliphatic rings. The Kier molecular flexibility index (Phi) is 5.84.